The van der Waals surface area contributed by atoms with Gasteiger partial charge in [0.15, 0.2) is 0 Å². The fourth-order valence-electron chi connectivity index (χ4n) is 2.57. The lowest BCUT2D eigenvalue weighted by Crippen LogP contribution is -2.26. The van der Waals surface area contributed by atoms with E-state index in [0.29, 0.717) is 6.42 Å². The highest BCUT2D eigenvalue weighted by atomic mass is 16.1. The number of benzene rings is 2. The van der Waals surface area contributed by atoms with E-state index in [-0.39, 0.29) is 17.4 Å². The van der Waals surface area contributed by atoms with E-state index in [1.807, 2.05) is 25.1 Å². The van der Waals surface area contributed by atoms with Crippen LogP contribution in [0.15, 0.2) is 54.6 Å². The molecule has 2 aromatic rings. The van der Waals surface area contributed by atoms with E-state index in [1.54, 1.807) is 0 Å². The summed E-state index contributed by atoms with van der Waals surface area (Å²) < 4.78 is 0. The van der Waals surface area contributed by atoms with Crippen LogP contribution in [-0.2, 0) is 16.6 Å². The van der Waals surface area contributed by atoms with Gasteiger partial charge in [-0.2, -0.15) is 0 Å². The van der Waals surface area contributed by atoms with Crippen LogP contribution in [-0.4, -0.2) is 5.91 Å². The van der Waals surface area contributed by atoms with Gasteiger partial charge in [0, 0.05) is 6.42 Å². The van der Waals surface area contributed by atoms with Crippen molar-refractivity contribution >= 4 is 5.91 Å². The van der Waals surface area contributed by atoms with Crippen molar-refractivity contribution in [3.05, 3.63) is 71.3 Å². The van der Waals surface area contributed by atoms with Crippen molar-refractivity contribution < 1.29 is 4.79 Å². The maximum Gasteiger partial charge on any atom is 0.220 e. The highest BCUT2D eigenvalue weighted by Crippen LogP contribution is 2.23. The Hall–Kier alpha value is -2.09. The maximum atomic E-state index is 12.1. The molecule has 1 atom stereocenters. The average Bonchev–Trinajstić information content (AvgIpc) is 2.53. The molecule has 2 nitrogen and oxygen atoms in total. The molecule has 0 aliphatic rings. The van der Waals surface area contributed by atoms with Crippen LogP contribution in [0.2, 0.25) is 0 Å². The normalized spacial score (nSPS) is 12.7. The molecule has 0 aromatic heterocycles. The molecule has 0 saturated heterocycles. The van der Waals surface area contributed by atoms with Gasteiger partial charge in [0.1, 0.15) is 0 Å². The second kappa shape index (κ2) is 7.45. The van der Waals surface area contributed by atoms with Crippen LogP contribution in [0.1, 0.15) is 56.8 Å². The Morgan fingerprint density at radius 3 is 2.17 bits per heavy atom. The molecule has 122 valence electrons. The van der Waals surface area contributed by atoms with Gasteiger partial charge in [0.05, 0.1) is 6.04 Å². The predicted molar refractivity (Wildman–Crippen MR) is 96.5 cm³/mol. The second-order valence-electron chi connectivity index (χ2n) is 7.15. The molecule has 0 saturated carbocycles. The van der Waals surface area contributed by atoms with E-state index in [9.17, 15) is 4.79 Å². The summed E-state index contributed by atoms with van der Waals surface area (Å²) >= 11 is 0. The highest BCUT2D eigenvalue weighted by molar-refractivity contribution is 5.76. The molecule has 0 heterocycles. The monoisotopic (exact) mass is 309 g/mol. The molecule has 0 unspecified atom stereocenters. The molecule has 0 aliphatic heterocycles. The van der Waals surface area contributed by atoms with Crippen molar-refractivity contribution in [3.63, 3.8) is 0 Å². The molecule has 0 radical (unpaired) electrons. The number of aryl methyl sites for hydroxylation is 1. The van der Waals surface area contributed by atoms with Crippen molar-refractivity contribution in [2.75, 3.05) is 0 Å². The van der Waals surface area contributed by atoms with E-state index >= 15 is 0 Å². The van der Waals surface area contributed by atoms with Gasteiger partial charge < -0.3 is 5.32 Å². The van der Waals surface area contributed by atoms with Gasteiger partial charge in [-0.25, -0.2) is 0 Å². The fourth-order valence-corrected chi connectivity index (χ4v) is 2.57. The summed E-state index contributed by atoms with van der Waals surface area (Å²) in [5, 5.41) is 3.09. The second-order valence-corrected chi connectivity index (χ2v) is 7.15. The molecule has 2 rings (SSSR count). The molecule has 1 amide bonds. The number of carbonyl (C=O) groups is 1. The summed E-state index contributed by atoms with van der Waals surface area (Å²) in [5.41, 5.74) is 3.81. The lowest BCUT2D eigenvalue weighted by Gasteiger charge is -2.20. The van der Waals surface area contributed by atoms with Crippen LogP contribution in [0.5, 0.6) is 0 Å². The number of hydrogen-bond acceptors (Lipinski definition) is 1. The van der Waals surface area contributed by atoms with Crippen LogP contribution >= 0.6 is 0 Å². The summed E-state index contributed by atoms with van der Waals surface area (Å²) in [6.07, 6.45) is 1.30. The molecule has 0 fully saturated rings. The number of amides is 1. The summed E-state index contributed by atoms with van der Waals surface area (Å²) in [5.74, 6) is 0.0984. The molecule has 1 N–H and O–H groups in total. The third-order valence-corrected chi connectivity index (χ3v) is 4.14. The van der Waals surface area contributed by atoms with E-state index in [1.165, 1.54) is 11.1 Å². The van der Waals surface area contributed by atoms with Crippen LogP contribution < -0.4 is 5.32 Å². The molecule has 0 spiro atoms. The van der Waals surface area contributed by atoms with Crippen LogP contribution in [0.4, 0.5) is 0 Å². The summed E-state index contributed by atoms with van der Waals surface area (Å²) in [4.78, 5) is 12.1. The van der Waals surface area contributed by atoms with E-state index < -0.39 is 0 Å². The zero-order chi connectivity index (χ0) is 16.9. The zero-order valence-electron chi connectivity index (χ0n) is 14.6. The smallest absolute Gasteiger partial charge is 0.220 e. The van der Waals surface area contributed by atoms with Gasteiger partial charge in [-0.15, -0.1) is 0 Å². The number of carbonyl (C=O) groups excluding carboxylic acids is 1. The van der Waals surface area contributed by atoms with E-state index in [2.05, 4.69) is 62.5 Å². The minimum absolute atomic E-state index is 0.0345. The van der Waals surface area contributed by atoms with Crippen LogP contribution in [0.25, 0.3) is 0 Å². The SMILES string of the molecule is C[C@H](NC(=O)CCc1ccccc1)c1ccc(C(C)(C)C)cc1. The quantitative estimate of drug-likeness (QED) is 0.845. The maximum absolute atomic E-state index is 12.1. The summed E-state index contributed by atoms with van der Waals surface area (Å²) in [6, 6.07) is 18.7. The minimum atomic E-state index is 0.0345. The van der Waals surface area contributed by atoms with Gasteiger partial charge in [-0.1, -0.05) is 75.4 Å². The first-order valence-corrected chi connectivity index (χ1v) is 8.30. The Balaban J connectivity index is 1.88. The van der Waals surface area contributed by atoms with Gasteiger partial charge in [-0.3, -0.25) is 4.79 Å². The van der Waals surface area contributed by atoms with Gasteiger partial charge in [0.25, 0.3) is 0 Å². The highest BCUT2D eigenvalue weighted by Gasteiger charge is 2.14. The third-order valence-electron chi connectivity index (χ3n) is 4.14. The van der Waals surface area contributed by atoms with Crippen LogP contribution in [0.3, 0.4) is 0 Å². The van der Waals surface area contributed by atoms with Gasteiger partial charge >= 0.3 is 0 Å². The van der Waals surface area contributed by atoms with Crippen LogP contribution in [0, 0.1) is 0 Å². The van der Waals surface area contributed by atoms with Crippen molar-refractivity contribution in [3.8, 4) is 0 Å². The Morgan fingerprint density at radius 2 is 1.61 bits per heavy atom. The number of rotatable bonds is 5. The zero-order valence-corrected chi connectivity index (χ0v) is 14.6. The molecular weight excluding hydrogens is 282 g/mol. The van der Waals surface area contributed by atoms with Crippen molar-refractivity contribution in [2.24, 2.45) is 0 Å². The first-order chi connectivity index (χ1) is 10.9. The number of nitrogens with one attached hydrogen (secondary N) is 1. The first-order valence-electron chi connectivity index (χ1n) is 8.30. The lowest BCUT2D eigenvalue weighted by molar-refractivity contribution is -0.121. The topological polar surface area (TPSA) is 29.1 Å². The summed E-state index contributed by atoms with van der Waals surface area (Å²) in [6.45, 7) is 8.65. The average molecular weight is 309 g/mol. The molecule has 2 aromatic carbocycles. The van der Waals surface area contributed by atoms with Crippen molar-refractivity contribution in [1.29, 1.82) is 0 Å². The third kappa shape index (κ3) is 5.24. The lowest BCUT2D eigenvalue weighted by atomic mass is 9.86. The number of hydrogen-bond donors (Lipinski definition) is 1. The van der Waals surface area contributed by atoms with Gasteiger partial charge in [0.2, 0.25) is 5.91 Å². The standard InChI is InChI=1S/C21H27NO/c1-16(18-11-13-19(14-12-18)21(2,3)4)22-20(23)15-10-17-8-6-5-7-9-17/h5-9,11-14,16H,10,15H2,1-4H3,(H,22,23)/t16-/m0/s1. The van der Waals surface area contributed by atoms with E-state index in [4.69, 9.17) is 0 Å². The molecular formula is C21H27NO. The fraction of sp³-hybridized carbons (Fsp3) is 0.381. The Morgan fingerprint density at radius 1 is 1.00 bits per heavy atom. The molecule has 0 aliphatic carbocycles. The molecule has 23 heavy (non-hydrogen) atoms. The first kappa shape index (κ1) is 17.3. The molecule has 2 heteroatoms. The van der Waals surface area contributed by atoms with E-state index in [0.717, 1.165) is 12.0 Å². The predicted octanol–water partition coefficient (Wildman–Crippen LogP) is 4.79. The minimum Gasteiger partial charge on any atom is -0.350 e. The van der Waals surface area contributed by atoms with Crippen molar-refractivity contribution in [2.45, 2.75) is 52.0 Å². The largest absolute Gasteiger partial charge is 0.350 e. The molecule has 0 bridgehead atoms. The van der Waals surface area contributed by atoms with Gasteiger partial charge in [-0.05, 0) is 35.4 Å². The Labute approximate surface area is 139 Å². The Kier molecular flexibility index (Phi) is 5.59. The Bertz CT molecular complexity index is 623. The van der Waals surface area contributed by atoms with Crippen molar-refractivity contribution in [1.82, 2.24) is 5.32 Å². The summed E-state index contributed by atoms with van der Waals surface area (Å²) in [7, 11) is 0.